The Labute approximate surface area is 155 Å². The number of anilines is 1. The number of likely N-dealkylation sites (tertiary alicyclic amines) is 2. The number of benzene rings is 1. The van der Waals surface area contributed by atoms with Gasteiger partial charge < -0.3 is 20.4 Å². The van der Waals surface area contributed by atoms with Crippen LogP contribution >= 0.6 is 0 Å². The van der Waals surface area contributed by atoms with Gasteiger partial charge in [0.05, 0.1) is 0 Å². The van der Waals surface area contributed by atoms with Crippen LogP contribution in [0.1, 0.15) is 38.2 Å². The zero-order chi connectivity index (χ0) is 18.5. The summed E-state index contributed by atoms with van der Waals surface area (Å²) in [7, 11) is 2.19. The van der Waals surface area contributed by atoms with Gasteiger partial charge >= 0.3 is 6.03 Å². The largest absolute Gasteiger partial charge is 0.335 e. The minimum atomic E-state index is -0.267. The fourth-order valence-corrected chi connectivity index (χ4v) is 4.03. The van der Waals surface area contributed by atoms with E-state index in [-0.39, 0.29) is 17.9 Å². The van der Waals surface area contributed by atoms with Gasteiger partial charge in [0.1, 0.15) is 5.82 Å². The van der Waals surface area contributed by atoms with Crippen LogP contribution in [0.2, 0.25) is 0 Å². The maximum absolute atomic E-state index is 13.8. The highest BCUT2D eigenvalue weighted by Gasteiger charge is 2.27. The molecular weight excluding hydrogens is 331 g/mol. The van der Waals surface area contributed by atoms with E-state index in [2.05, 4.69) is 27.5 Å². The van der Waals surface area contributed by atoms with E-state index in [0.29, 0.717) is 23.7 Å². The molecule has 1 aromatic carbocycles. The second kappa shape index (κ2) is 8.82. The van der Waals surface area contributed by atoms with Crippen molar-refractivity contribution in [3.8, 4) is 0 Å². The van der Waals surface area contributed by atoms with Crippen LogP contribution in [-0.2, 0) is 6.42 Å². The molecule has 3 rings (SSSR count). The van der Waals surface area contributed by atoms with E-state index in [1.165, 1.54) is 32.0 Å². The van der Waals surface area contributed by atoms with Crippen LogP contribution in [0, 0.1) is 5.82 Å². The second-order valence-corrected chi connectivity index (χ2v) is 7.60. The third kappa shape index (κ3) is 4.95. The first kappa shape index (κ1) is 19.1. The van der Waals surface area contributed by atoms with Crippen LogP contribution in [0.4, 0.5) is 14.9 Å². The zero-order valence-corrected chi connectivity index (χ0v) is 15.9. The number of nitrogens with one attached hydrogen (secondary N) is 2. The summed E-state index contributed by atoms with van der Waals surface area (Å²) in [5.41, 5.74) is 1.16. The van der Waals surface area contributed by atoms with Crippen molar-refractivity contribution >= 4 is 11.7 Å². The molecule has 2 fully saturated rings. The number of hydrogen-bond donors (Lipinski definition) is 2. The van der Waals surface area contributed by atoms with Gasteiger partial charge in [-0.1, -0.05) is 13.0 Å². The average molecular weight is 362 g/mol. The van der Waals surface area contributed by atoms with E-state index >= 15 is 0 Å². The van der Waals surface area contributed by atoms with Gasteiger partial charge in [-0.25, -0.2) is 9.18 Å². The number of rotatable bonds is 4. The smallest absolute Gasteiger partial charge is 0.319 e. The predicted molar refractivity (Wildman–Crippen MR) is 103 cm³/mol. The molecule has 2 N–H and O–H groups in total. The second-order valence-electron chi connectivity index (χ2n) is 7.60. The van der Waals surface area contributed by atoms with E-state index in [1.54, 1.807) is 12.1 Å². The Hall–Kier alpha value is -1.66. The fraction of sp³-hybridized carbons (Fsp3) is 0.650. The van der Waals surface area contributed by atoms with E-state index in [0.717, 1.165) is 25.9 Å². The number of carbonyl (C=O) groups is 1. The third-order valence-corrected chi connectivity index (χ3v) is 5.76. The van der Waals surface area contributed by atoms with Gasteiger partial charge in [0.2, 0.25) is 0 Å². The molecule has 5 nitrogen and oxygen atoms in total. The highest BCUT2D eigenvalue weighted by atomic mass is 19.1. The molecule has 144 valence electrons. The summed E-state index contributed by atoms with van der Waals surface area (Å²) in [4.78, 5) is 17.2. The van der Waals surface area contributed by atoms with E-state index in [1.807, 2.05) is 6.92 Å². The molecule has 2 aliphatic rings. The van der Waals surface area contributed by atoms with Gasteiger partial charge in [0, 0.05) is 30.9 Å². The number of halogens is 1. The first-order chi connectivity index (χ1) is 12.5. The van der Waals surface area contributed by atoms with Crippen LogP contribution in [0.3, 0.4) is 0 Å². The lowest BCUT2D eigenvalue weighted by atomic mass is 9.98. The monoisotopic (exact) mass is 362 g/mol. The Morgan fingerprint density at radius 2 is 1.85 bits per heavy atom. The lowest BCUT2D eigenvalue weighted by Crippen LogP contribution is -2.51. The van der Waals surface area contributed by atoms with Gasteiger partial charge in [0.15, 0.2) is 0 Å². The quantitative estimate of drug-likeness (QED) is 0.865. The number of piperidine rings is 2. The number of urea groups is 1. The molecule has 0 aliphatic carbocycles. The summed E-state index contributed by atoms with van der Waals surface area (Å²) in [5.74, 6) is -0.267. The number of aryl methyl sites for hydroxylation is 1. The summed E-state index contributed by atoms with van der Waals surface area (Å²) in [6.07, 6.45) is 5.09. The number of amides is 2. The Bertz CT molecular complexity index is 608. The maximum atomic E-state index is 13.8. The normalized spacial score (nSPS) is 20.9. The van der Waals surface area contributed by atoms with Crippen molar-refractivity contribution in [2.24, 2.45) is 0 Å². The van der Waals surface area contributed by atoms with Crippen molar-refractivity contribution < 1.29 is 9.18 Å². The highest BCUT2D eigenvalue weighted by Crippen LogP contribution is 2.21. The summed E-state index contributed by atoms with van der Waals surface area (Å²) in [5, 5.41) is 5.79. The first-order valence-electron chi connectivity index (χ1n) is 9.83. The Balaban J connectivity index is 1.42. The molecule has 0 atom stereocenters. The molecule has 2 aliphatic heterocycles. The molecule has 2 amide bonds. The third-order valence-electron chi connectivity index (χ3n) is 5.76. The first-order valence-corrected chi connectivity index (χ1v) is 9.83. The average Bonchev–Trinajstić information content (AvgIpc) is 2.63. The van der Waals surface area contributed by atoms with Crippen molar-refractivity contribution in [1.82, 2.24) is 15.1 Å². The standard InChI is InChI=1S/C20H31FN4O/c1-3-15-4-5-17(14-19(15)21)23-20(26)22-16-6-12-25(13-7-16)18-8-10-24(2)11-9-18/h4-5,14,16,18H,3,6-13H2,1-2H3,(H2,22,23,26). The SMILES string of the molecule is CCc1ccc(NC(=O)NC2CCN(C3CCN(C)CC3)CC2)cc1F. The molecular formula is C20H31FN4O. The summed E-state index contributed by atoms with van der Waals surface area (Å²) < 4.78 is 13.8. The topological polar surface area (TPSA) is 47.6 Å². The molecule has 1 aromatic rings. The van der Waals surface area contributed by atoms with Gasteiger partial charge in [-0.3, -0.25) is 0 Å². The Kier molecular flexibility index (Phi) is 6.48. The van der Waals surface area contributed by atoms with Crippen LogP contribution in [0.25, 0.3) is 0 Å². The highest BCUT2D eigenvalue weighted by molar-refractivity contribution is 5.89. The lowest BCUT2D eigenvalue weighted by Gasteiger charge is -2.41. The van der Waals surface area contributed by atoms with Gasteiger partial charge in [-0.05, 0) is 69.9 Å². The lowest BCUT2D eigenvalue weighted by molar-refractivity contribution is 0.0938. The summed E-state index contributed by atoms with van der Waals surface area (Å²) in [6, 6.07) is 5.51. The van der Waals surface area contributed by atoms with Crippen LogP contribution in [0.15, 0.2) is 18.2 Å². The molecule has 2 saturated heterocycles. The fourth-order valence-electron chi connectivity index (χ4n) is 4.03. The van der Waals surface area contributed by atoms with Crippen molar-refractivity contribution in [3.63, 3.8) is 0 Å². The number of carbonyl (C=O) groups excluding carboxylic acids is 1. The van der Waals surface area contributed by atoms with Crippen molar-refractivity contribution in [2.45, 2.75) is 51.1 Å². The Morgan fingerprint density at radius 3 is 2.46 bits per heavy atom. The molecule has 0 bridgehead atoms. The van der Waals surface area contributed by atoms with Crippen LogP contribution in [-0.4, -0.2) is 61.1 Å². The van der Waals surface area contributed by atoms with E-state index in [4.69, 9.17) is 0 Å². The molecule has 2 heterocycles. The molecule has 0 unspecified atom stereocenters. The van der Waals surface area contributed by atoms with Crippen molar-refractivity contribution in [3.05, 3.63) is 29.6 Å². The van der Waals surface area contributed by atoms with Gasteiger partial charge in [-0.15, -0.1) is 0 Å². The van der Waals surface area contributed by atoms with Gasteiger partial charge in [0.25, 0.3) is 0 Å². The zero-order valence-electron chi connectivity index (χ0n) is 15.9. The van der Waals surface area contributed by atoms with Crippen molar-refractivity contribution in [2.75, 3.05) is 38.5 Å². The molecule has 0 spiro atoms. The number of nitrogens with zero attached hydrogens (tertiary/aromatic N) is 2. The van der Waals surface area contributed by atoms with Crippen molar-refractivity contribution in [1.29, 1.82) is 0 Å². The molecule has 0 aromatic heterocycles. The maximum Gasteiger partial charge on any atom is 0.319 e. The molecule has 6 heteroatoms. The minimum Gasteiger partial charge on any atom is -0.335 e. The number of hydrogen-bond acceptors (Lipinski definition) is 3. The molecule has 0 radical (unpaired) electrons. The minimum absolute atomic E-state index is 0.192. The summed E-state index contributed by atoms with van der Waals surface area (Å²) >= 11 is 0. The van der Waals surface area contributed by atoms with E-state index in [9.17, 15) is 9.18 Å². The Morgan fingerprint density at radius 1 is 1.15 bits per heavy atom. The summed E-state index contributed by atoms with van der Waals surface area (Å²) in [6.45, 7) is 6.35. The molecule has 0 saturated carbocycles. The predicted octanol–water partition coefficient (Wildman–Crippen LogP) is 3.07. The van der Waals surface area contributed by atoms with Gasteiger partial charge in [-0.2, -0.15) is 0 Å². The van der Waals surface area contributed by atoms with Crippen LogP contribution in [0.5, 0.6) is 0 Å². The molecule has 26 heavy (non-hydrogen) atoms. The van der Waals surface area contributed by atoms with E-state index < -0.39 is 0 Å². The van der Waals surface area contributed by atoms with Crippen LogP contribution < -0.4 is 10.6 Å².